The highest BCUT2D eigenvalue weighted by molar-refractivity contribution is 6.30. The number of carbonyl (C=O) groups is 1. The van der Waals surface area contributed by atoms with E-state index in [2.05, 4.69) is 15.1 Å². The van der Waals surface area contributed by atoms with E-state index in [-0.39, 0.29) is 10.8 Å². The minimum absolute atomic E-state index is 0.112. The smallest absolute Gasteiger partial charge is 0.354 e. The van der Waals surface area contributed by atoms with Crippen LogP contribution < -0.4 is 0 Å². The zero-order chi connectivity index (χ0) is 13.4. The van der Waals surface area contributed by atoms with Crippen molar-refractivity contribution < 1.29 is 9.90 Å². The lowest BCUT2D eigenvalue weighted by Gasteiger charge is -1.98. The quantitative estimate of drug-likeness (QED) is 0.724. The molecular weight excluding hydrogens is 268 g/mol. The molecule has 0 unspecified atom stereocenters. The van der Waals surface area contributed by atoms with Gasteiger partial charge in [0, 0.05) is 30.1 Å². The Bertz CT molecular complexity index is 770. The Morgan fingerprint density at radius 2 is 2.00 bits per heavy atom. The van der Waals surface area contributed by atoms with Gasteiger partial charge in [-0.15, -0.1) is 0 Å². The summed E-state index contributed by atoms with van der Waals surface area (Å²) in [7, 11) is 0. The summed E-state index contributed by atoms with van der Waals surface area (Å²) in [4.78, 5) is 18.8. The van der Waals surface area contributed by atoms with Crippen molar-refractivity contribution in [2.24, 2.45) is 0 Å². The molecule has 3 rings (SSSR count). The number of pyridine rings is 1. The van der Waals surface area contributed by atoms with Crippen LogP contribution in [0.4, 0.5) is 0 Å². The Labute approximate surface area is 112 Å². The van der Waals surface area contributed by atoms with Crippen LogP contribution in [0.3, 0.4) is 0 Å². The van der Waals surface area contributed by atoms with Crippen molar-refractivity contribution in [1.29, 1.82) is 0 Å². The molecule has 3 heterocycles. The molecule has 19 heavy (non-hydrogen) atoms. The normalized spacial score (nSPS) is 10.8. The summed E-state index contributed by atoms with van der Waals surface area (Å²) in [5.41, 5.74) is 1.78. The number of aromatic nitrogens is 4. The first-order valence-electron chi connectivity index (χ1n) is 5.35. The van der Waals surface area contributed by atoms with Gasteiger partial charge in [0.25, 0.3) is 0 Å². The topological polar surface area (TPSA) is 80.4 Å². The van der Waals surface area contributed by atoms with Gasteiger partial charge >= 0.3 is 5.97 Å². The van der Waals surface area contributed by atoms with E-state index in [9.17, 15) is 4.79 Å². The predicted molar refractivity (Wildman–Crippen MR) is 68.2 cm³/mol. The number of carboxylic acids is 1. The van der Waals surface area contributed by atoms with Crippen molar-refractivity contribution in [3.8, 4) is 11.3 Å². The number of nitrogens with zero attached hydrogens (tertiary/aromatic N) is 4. The third-order valence-electron chi connectivity index (χ3n) is 2.58. The first-order valence-corrected chi connectivity index (χ1v) is 5.73. The molecule has 0 bridgehead atoms. The van der Waals surface area contributed by atoms with Gasteiger partial charge in [-0.1, -0.05) is 11.6 Å². The number of carboxylic acid groups (broad SMARTS) is 1. The molecule has 0 aliphatic rings. The standard InChI is InChI=1S/C12H7ClN4O2/c13-10-5-9(12(18)19)15-11-6-8(16-17(10)11)7-1-3-14-4-2-7/h1-6H,(H,18,19). The summed E-state index contributed by atoms with van der Waals surface area (Å²) in [6.07, 6.45) is 3.30. The fourth-order valence-electron chi connectivity index (χ4n) is 1.71. The molecule has 0 aromatic carbocycles. The molecule has 0 spiro atoms. The molecule has 3 aromatic rings. The summed E-state index contributed by atoms with van der Waals surface area (Å²) in [5, 5.41) is 13.4. The predicted octanol–water partition coefficient (Wildman–Crippen LogP) is 2.14. The second-order valence-corrected chi connectivity index (χ2v) is 4.19. The van der Waals surface area contributed by atoms with Crippen LogP contribution in [0.15, 0.2) is 36.7 Å². The largest absolute Gasteiger partial charge is 0.477 e. The monoisotopic (exact) mass is 274 g/mol. The number of fused-ring (bicyclic) bond motifs is 1. The average molecular weight is 275 g/mol. The lowest BCUT2D eigenvalue weighted by Crippen LogP contribution is -2.03. The van der Waals surface area contributed by atoms with E-state index in [4.69, 9.17) is 16.7 Å². The highest BCUT2D eigenvalue weighted by atomic mass is 35.5. The van der Waals surface area contributed by atoms with Crippen molar-refractivity contribution in [2.75, 3.05) is 0 Å². The summed E-state index contributed by atoms with van der Waals surface area (Å²) in [6, 6.07) is 6.54. The summed E-state index contributed by atoms with van der Waals surface area (Å²) in [6.45, 7) is 0. The second-order valence-electron chi connectivity index (χ2n) is 3.80. The SMILES string of the molecule is O=C(O)c1cc(Cl)n2nc(-c3ccncc3)cc2n1. The molecule has 0 aliphatic carbocycles. The van der Waals surface area contributed by atoms with Gasteiger partial charge in [0.1, 0.15) is 5.15 Å². The summed E-state index contributed by atoms with van der Waals surface area (Å²) >= 11 is 5.99. The molecule has 0 fully saturated rings. The molecule has 3 aromatic heterocycles. The Hall–Kier alpha value is -2.47. The molecule has 6 nitrogen and oxygen atoms in total. The third-order valence-corrected chi connectivity index (χ3v) is 2.85. The molecule has 0 atom stereocenters. The Kier molecular flexibility index (Phi) is 2.64. The van der Waals surface area contributed by atoms with Gasteiger partial charge in [0.05, 0.1) is 5.69 Å². The van der Waals surface area contributed by atoms with Gasteiger partial charge in [0.2, 0.25) is 0 Å². The number of rotatable bonds is 2. The van der Waals surface area contributed by atoms with Crippen molar-refractivity contribution in [3.63, 3.8) is 0 Å². The molecule has 1 N–H and O–H groups in total. The summed E-state index contributed by atoms with van der Waals surface area (Å²) in [5.74, 6) is -1.13. The molecule has 0 radical (unpaired) electrons. The van der Waals surface area contributed by atoms with E-state index in [1.165, 1.54) is 10.6 Å². The molecule has 0 saturated carbocycles. The molecule has 94 valence electrons. The van der Waals surface area contributed by atoms with E-state index < -0.39 is 5.97 Å². The van der Waals surface area contributed by atoms with E-state index in [1.54, 1.807) is 30.6 Å². The van der Waals surface area contributed by atoms with Crippen LogP contribution in [-0.4, -0.2) is 30.7 Å². The second kappa shape index (κ2) is 4.33. The summed E-state index contributed by atoms with van der Waals surface area (Å²) < 4.78 is 1.39. The molecular formula is C12H7ClN4O2. The maximum absolute atomic E-state index is 10.9. The number of hydrogen-bond donors (Lipinski definition) is 1. The van der Waals surface area contributed by atoms with Crippen molar-refractivity contribution in [1.82, 2.24) is 19.6 Å². The lowest BCUT2D eigenvalue weighted by molar-refractivity contribution is 0.0690. The third kappa shape index (κ3) is 2.02. The molecule has 0 amide bonds. The van der Waals surface area contributed by atoms with Gasteiger partial charge in [-0.25, -0.2) is 14.3 Å². The average Bonchev–Trinajstić information content (AvgIpc) is 2.84. The molecule has 0 aliphatic heterocycles. The maximum Gasteiger partial charge on any atom is 0.354 e. The number of hydrogen-bond acceptors (Lipinski definition) is 4. The van der Waals surface area contributed by atoms with Gasteiger partial charge < -0.3 is 5.11 Å². The van der Waals surface area contributed by atoms with Crippen LogP contribution in [0.25, 0.3) is 16.9 Å². The zero-order valence-corrected chi connectivity index (χ0v) is 10.2. The first-order chi connectivity index (χ1) is 9.15. The van der Waals surface area contributed by atoms with Gasteiger partial charge in [-0.3, -0.25) is 4.98 Å². The van der Waals surface area contributed by atoms with Crippen LogP contribution in [0.1, 0.15) is 10.5 Å². The van der Waals surface area contributed by atoms with E-state index in [1.807, 2.05) is 0 Å². The Morgan fingerprint density at radius 1 is 1.26 bits per heavy atom. The van der Waals surface area contributed by atoms with Crippen LogP contribution in [0.5, 0.6) is 0 Å². The number of halogens is 1. The van der Waals surface area contributed by atoms with Crippen molar-refractivity contribution >= 4 is 23.2 Å². The van der Waals surface area contributed by atoms with Crippen molar-refractivity contribution in [3.05, 3.63) is 47.5 Å². The van der Waals surface area contributed by atoms with Crippen LogP contribution >= 0.6 is 11.6 Å². The van der Waals surface area contributed by atoms with Crippen molar-refractivity contribution in [2.45, 2.75) is 0 Å². The minimum atomic E-state index is -1.13. The highest BCUT2D eigenvalue weighted by Crippen LogP contribution is 2.21. The Morgan fingerprint density at radius 3 is 2.68 bits per heavy atom. The van der Waals surface area contributed by atoms with Crippen LogP contribution in [0, 0.1) is 0 Å². The fourth-order valence-corrected chi connectivity index (χ4v) is 1.94. The van der Waals surface area contributed by atoms with Gasteiger partial charge in [-0.05, 0) is 12.1 Å². The molecule has 7 heteroatoms. The fraction of sp³-hybridized carbons (Fsp3) is 0. The lowest BCUT2D eigenvalue weighted by atomic mass is 10.2. The maximum atomic E-state index is 10.9. The van der Waals surface area contributed by atoms with Gasteiger partial charge in [-0.2, -0.15) is 5.10 Å². The van der Waals surface area contributed by atoms with Gasteiger partial charge in [0.15, 0.2) is 11.3 Å². The van der Waals surface area contributed by atoms with E-state index >= 15 is 0 Å². The molecule has 0 saturated heterocycles. The van der Waals surface area contributed by atoms with Crippen LogP contribution in [0.2, 0.25) is 5.15 Å². The zero-order valence-electron chi connectivity index (χ0n) is 9.49. The number of aromatic carboxylic acids is 1. The Balaban J connectivity index is 2.21. The van der Waals surface area contributed by atoms with E-state index in [0.29, 0.717) is 11.3 Å². The minimum Gasteiger partial charge on any atom is -0.477 e. The highest BCUT2D eigenvalue weighted by Gasteiger charge is 2.12. The first kappa shape index (κ1) is 11.6. The van der Waals surface area contributed by atoms with E-state index in [0.717, 1.165) is 5.56 Å². The van der Waals surface area contributed by atoms with Crippen LogP contribution in [-0.2, 0) is 0 Å².